The molecule has 1 heterocycles. The topological polar surface area (TPSA) is 81.9 Å². The molecule has 0 bridgehead atoms. The number of rotatable bonds is 9. The Labute approximate surface area is 182 Å². The molecule has 2 aromatic carbocycles. The van der Waals surface area contributed by atoms with Crippen molar-refractivity contribution in [1.82, 2.24) is 20.4 Å². The van der Waals surface area contributed by atoms with E-state index in [1.165, 1.54) is 0 Å². The van der Waals surface area contributed by atoms with E-state index in [1.807, 2.05) is 48.1 Å². The van der Waals surface area contributed by atoms with E-state index in [-0.39, 0.29) is 0 Å². The predicted octanol–water partition coefficient (Wildman–Crippen LogP) is 3.15. The Morgan fingerprint density at radius 3 is 2.35 bits per heavy atom. The molecule has 0 fully saturated rings. The summed E-state index contributed by atoms with van der Waals surface area (Å²) in [5, 5.41) is 10.9. The normalized spacial score (nSPS) is 11.2. The fourth-order valence-electron chi connectivity index (χ4n) is 3.16. The van der Waals surface area contributed by atoms with Crippen molar-refractivity contribution in [1.29, 1.82) is 0 Å². The first-order valence-corrected chi connectivity index (χ1v) is 10.1. The van der Waals surface area contributed by atoms with Crippen molar-refractivity contribution in [2.45, 2.75) is 20.0 Å². The van der Waals surface area contributed by atoms with E-state index >= 15 is 0 Å². The van der Waals surface area contributed by atoms with Crippen molar-refractivity contribution in [3.8, 4) is 22.9 Å². The minimum absolute atomic E-state index is 0.458. The number of benzene rings is 2. The highest BCUT2D eigenvalue weighted by molar-refractivity contribution is 5.79. The molecule has 2 N–H and O–H groups in total. The van der Waals surface area contributed by atoms with E-state index in [9.17, 15) is 0 Å². The third-order valence-electron chi connectivity index (χ3n) is 4.63. The molecule has 0 aliphatic heterocycles. The second kappa shape index (κ2) is 10.9. The summed E-state index contributed by atoms with van der Waals surface area (Å²) >= 11 is 0. The summed E-state index contributed by atoms with van der Waals surface area (Å²) in [5.74, 6) is 2.52. The maximum atomic E-state index is 5.43. The van der Waals surface area contributed by atoms with Gasteiger partial charge in [0.2, 0.25) is 5.75 Å². The first-order valence-electron chi connectivity index (χ1n) is 10.1. The van der Waals surface area contributed by atoms with Crippen LogP contribution in [0.15, 0.2) is 59.9 Å². The monoisotopic (exact) mass is 423 g/mol. The maximum Gasteiger partial charge on any atom is 0.203 e. The van der Waals surface area contributed by atoms with E-state index in [0.29, 0.717) is 30.3 Å². The number of aliphatic imine (C=N–C) groups is 1. The van der Waals surface area contributed by atoms with Gasteiger partial charge in [0, 0.05) is 25.5 Å². The lowest BCUT2D eigenvalue weighted by Gasteiger charge is -2.14. The van der Waals surface area contributed by atoms with Gasteiger partial charge in [0.05, 0.1) is 33.6 Å². The average Bonchev–Trinajstić information content (AvgIpc) is 3.35. The molecule has 0 amide bonds. The van der Waals surface area contributed by atoms with Crippen molar-refractivity contribution in [2.75, 3.05) is 27.9 Å². The summed E-state index contributed by atoms with van der Waals surface area (Å²) in [4.78, 5) is 4.70. The number of nitrogens with zero attached hydrogens (tertiary/aromatic N) is 3. The van der Waals surface area contributed by atoms with Crippen LogP contribution in [0.1, 0.15) is 18.1 Å². The second-order valence-electron chi connectivity index (χ2n) is 6.70. The van der Waals surface area contributed by atoms with Crippen molar-refractivity contribution < 1.29 is 14.2 Å². The zero-order valence-corrected chi connectivity index (χ0v) is 18.4. The minimum Gasteiger partial charge on any atom is -0.493 e. The molecule has 3 rings (SSSR count). The highest BCUT2D eigenvalue weighted by atomic mass is 16.5. The molecule has 0 radical (unpaired) electrons. The van der Waals surface area contributed by atoms with E-state index in [0.717, 1.165) is 29.3 Å². The Kier molecular flexibility index (Phi) is 7.75. The molecule has 0 unspecified atom stereocenters. The standard InChI is InChI=1S/C23H29N5O3/c1-5-24-23(25-15-17-8-6-9-19(12-17)28-11-7-10-27-28)26-16-18-13-20(29-2)22(31-4)21(14-18)30-3/h6-14H,5,15-16H2,1-4H3,(H2,24,25,26). The van der Waals surface area contributed by atoms with Crippen LogP contribution in [0.5, 0.6) is 17.2 Å². The zero-order valence-electron chi connectivity index (χ0n) is 18.4. The predicted molar refractivity (Wildman–Crippen MR) is 121 cm³/mol. The molecule has 3 aromatic rings. The van der Waals surface area contributed by atoms with Crippen molar-refractivity contribution >= 4 is 5.96 Å². The van der Waals surface area contributed by atoms with Gasteiger partial charge in [-0.05, 0) is 48.4 Å². The highest BCUT2D eigenvalue weighted by Gasteiger charge is 2.13. The molecule has 0 saturated carbocycles. The van der Waals surface area contributed by atoms with Gasteiger partial charge in [-0.15, -0.1) is 0 Å². The van der Waals surface area contributed by atoms with Gasteiger partial charge in [0.1, 0.15) is 0 Å². The van der Waals surface area contributed by atoms with Crippen LogP contribution >= 0.6 is 0 Å². The lowest BCUT2D eigenvalue weighted by molar-refractivity contribution is 0.324. The first kappa shape index (κ1) is 22.0. The first-order chi connectivity index (χ1) is 15.2. The molecule has 0 spiro atoms. The SMILES string of the molecule is CCNC(=NCc1cc(OC)c(OC)c(OC)c1)NCc1cccc(-n2cccn2)c1. The van der Waals surface area contributed by atoms with Crippen LogP contribution in [0, 0.1) is 0 Å². The Balaban J connectivity index is 1.72. The number of nitrogens with one attached hydrogen (secondary N) is 2. The lowest BCUT2D eigenvalue weighted by atomic mass is 10.2. The van der Waals surface area contributed by atoms with Gasteiger partial charge in [-0.3, -0.25) is 0 Å². The molecule has 164 valence electrons. The second-order valence-corrected chi connectivity index (χ2v) is 6.70. The third-order valence-corrected chi connectivity index (χ3v) is 4.63. The smallest absolute Gasteiger partial charge is 0.203 e. The largest absolute Gasteiger partial charge is 0.493 e. The number of ether oxygens (including phenoxy) is 3. The molecular formula is C23H29N5O3. The van der Waals surface area contributed by atoms with Crippen LogP contribution < -0.4 is 24.8 Å². The Morgan fingerprint density at radius 2 is 1.74 bits per heavy atom. The van der Waals surface area contributed by atoms with E-state index in [4.69, 9.17) is 19.2 Å². The third kappa shape index (κ3) is 5.69. The summed E-state index contributed by atoms with van der Waals surface area (Å²) in [7, 11) is 4.80. The summed E-state index contributed by atoms with van der Waals surface area (Å²) in [6.07, 6.45) is 3.69. The van der Waals surface area contributed by atoms with Gasteiger partial charge < -0.3 is 24.8 Å². The Hall–Kier alpha value is -3.68. The van der Waals surface area contributed by atoms with Crippen molar-refractivity contribution in [3.05, 3.63) is 66.0 Å². The van der Waals surface area contributed by atoms with Crippen LogP contribution in [-0.2, 0) is 13.1 Å². The summed E-state index contributed by atoms with van der Waals surface area (Å²) < 4.78 is 18.1. The van der Waals surface area contributed by atoms with E-state index in [2.05, 4.69) is 27.9 Å². The van der Waals surface area contributed by atoms with E-state index < -0.39 is 0 Å². The summed E-state index contributed by atoms with van der Waals surface area (Å²) in [5.41, 5.74) is 3.10. The molecule has 8 heteroatoms. The van der Waals surface area contributed by atoms with E-state index in [1.54, 1.807) is 27.5 Å². The zero-order chi connectivity index (χ0) is 22.1. The van der Waals surface area contributed by atoms with Crippen LogP contribution in [0.2, 0.25) is 0 Å². The summed E-state index contributed by atoms with van der Waals surface area (Å²) in [6.45, 7) is 3.89. The lowest BCUT2D eigenvalue weighted by Crippen LogP contribution is -2.36. The van der Waals surface area contributed by atoms with Crippen LogP contribution in [-0.4, -0.2) is 43.6 Å². The Morgan fingerprint density at radius 1 is 0.968 bits per heavy atom. The highest BCUT2D eigenvalue weighted by Crippen LogP contribution is 2.38. The number of methoxy groups -OCH3 is 3. The summed E-state index contributed by atoms with van der Waals surface area (Å²) in [6, 6.07) is 13.9. The molecule has 31 heavy (non-hydrogen) atoms. The maximum absolute atomic E-state index is 5.43. The van der Waals surface area contributed by atoms with Crippen molar-refractivity contribution in [3.63, 3.8) is 0 Å². The molecule has 1 aromatic heterocycles. The van der Waals surface area contributed by atoms with Crippen LogP contribution in [0.25, 0.3) is 5.69 Å². The van der Waals surface area contributed by atoms with Gasteiger partial charge in [-0.1, -0.05) is 12.1 Å². The molecule has 0 aliphatic carbocycles. The molecule has 8 nitrogen and oxygen atoms in total. The van der Waals surface area contributed by atoms with Crippen molar-refractivity contribution in [2.24, 2.45) is 4.99 Å². The Bertz CT molecular complexity index is 977. The fourth-order valence-corrected chi connectivity index (χ4v) is 3.16. The quantitative estimate of drug-likeness (QED) is 0.406. The molecule has 0 atom stereocenters. The van der Waals surface area contributed by atoms with Gasteiger partial charge in [0.15, 0.2) is 17.5 Å². The average molecular weight is 424 g/mol. The van der Waals surface area contributed by atoms with Gasteiger partial charge >= 0.3 is 0 Å². The van der Waals surface area contributed by atoms with Gasteiger partial charge in [-0.2, -0.15) is 5.10 Å². The molecule has 0 saturated heterocycles. The molecule has 0 aliphatic rings. The number of guanidine groups is 1. The molecular weight excluding hydrogens is 394 g/mol. The minimum atomic E-state index is 0.458. The van der Waals surface area contributed by atoms with Gasteiger partial charge in [-0.25, -0.2) is 9.67 Å². The van der Waals surface area contributed by atoms with Crippen LogP contribution in [0.4, 0.5) is 0 Å². The number of aromatic nitrogens is 2. The van der Waals surface area contributed by atoms with Crippen LogP contribution in [0.3, 0.4) is 0 Å². The fraction of sp³-hybridized carbons (Fsp3) is 0.304. The number of hydrogen-bond acceptors (Lipinski definition) is 5. The number of hydrogen-bond donors (Lipinski definition) is 2. The van der Waals surface area contributed by atoms with Gasteiger partial charge in [0.25, 0.3) is 0 Å².